The van der Waals surface area contributed by atoms with Gasteiger partial charge < -0.3 is 84.6 Å². The van der Waals surface area contributed by atoms with Crippen LogP contribution in [0.25, 0.3) is 0 Å². The van der Waals surface area contributed by atoms with Crippen LogP contribution in [-0.4, -0.2) is 276 Å². The largest absolute Gasteiger partial charge is 2.00 e. The molecule has 0 aromatic heterocycles. The van der Waals surface area contributed by atoms with Gasteiger partial charge in [0.05, 0.1) is 13.2 Å². The maximum Gasteiger partial charge on any atom is 2.00 e. The number of amides is 1. The van der Waals surface area contributed by atoms with Crippen molar-refractivity contribution in [2.24, 2.45) is 0 Å². The number of carboxylic acids is 2. The van der Waals surface area contributed by atoms with E-state index >= 15 is 0 Å². The summed E-state index contributed by atoms with van der Waals surface area (Å²) in [6.07, 6.45) is -44.1. The first-order valence-electron chi connectivity index (χ1n) is 23.2. The Balaban J connectivity index is 0.00000162. The van der Waals surface area contributed by atoms with Crippen LogP contribution < -0.4 is 15.4 Å². The van der Waals surface area contributed by atoms with Crippen LogP contribution >= 0.6 is 24.0 Å². The Bertz CT molecular complexity index is 2710. The molecule has 0 aromatic rings. The van der Waals surface area contributed by atoms with Gasteiger partial charge in [-0.2, -0.15) is 46.8 Å². The van der Waals surface area contributed by atoms with Gasteiger partial charge in [0.15, 0.2) is 49.6 Å². The summed E-state index contributed by atoms with van der Waals surface area (Å²) in [5.74, 6) is -4.33. The minimum atomic E-state index is -6.09. The van der Waals surface area contributed by atoms with E-state index in [0.717, 1.165) is 23.5 Å². The summed E-state index contributed by atoms with van der Waals surface area (Å²) in [4.78, 5) is 36.4. The molecular weight excluding hydrogens is 1340 g/mol. The number of carbonyl (C=O) groups is 3. The van der Waals surface area contributed by atoms with E-state index in [4.69, 9.17) is 49.9 Å². The Morgan fingerprint density at radius 3 is 1.54 bits per heavy atom. The summed E-state index contributed by atoms with van der Waals surface area (Å²) in [6.45, 7) is 3.19. The minimum absolute atomic E-state index is 0. The zero-order valence-electron chi connectivity index (χ0n) is 42.5. The third-order valence-corrected chi connectivity index (χ3v) is 15.0. The fourth-order valence-electron chi connectivity index (χ4n) is 7.78. The third-order valence-electron chi connectivity index (χ3n) is 11.2. The average molecular weight is 1400 g/mol. The van der Waals surface area contributed by atoms with Crippen LogP contribution in [0.3, 0.4) is 0 Å². The average Bonchev–Trinajstić information content (AvgIpc) is 3.50. The molecule has 0 saturated carbocycles. The van der Waals surface area contributed by atoms with Crippen LogP contribution in [0.15, 0.2) is 0 Å². The molecule has 1 amide bonds. The second kappa shape index (κ2) is 33.0. The molecule has 4 rings (SSSR count). The number of aliphatic hydroxyl groups is 6. The zero-order valence-corrected chi connectivity index (χ0v) is 49.2. The van der Waals surface area contributed by atoms with Gasteiger partial charge in [0.25, 0.3) is 0 Å². The molecule has 0 aromatic carbocycles. The van der Waals surface area contributed by atoms with E-state index in [1.165, 1.54) is 30.4 Å². The minimum Gasteiger partial charge on any atom is -0.479 e. The molecule has 40 nitrogen and oxygen atoms in total. The van der Waals surface area contributed by atoms with E-state index in [1.807, 2.05) is 5.32 Å². The number of carbonyl (C=O) groups excluding carboxylic acids is 1. The quantitative estimate of drug-likeness (QED) is 0.0157. The summed E-state index contributed by atoms with van der Waals surface area (Å²) < 4.78 is 223. The molecule has 20 atom stereocenters. The summed E-state index contributed by atoms with van der Waals surface area (Å²) in [5.41, 5.74) is 0. The monoisotopic (exact) mass is 1400 g/mol. The van der Waals surface area contributed by atoms with E-state index in [9.17, 15) is 116 Å². The molecule has 48 heteroatoms. The van der Waals surface area contributed by atoms with Gasteiger partial charge in [-0.3, -0.25) is 27.6 Å². The molecule has 83 heavy (non-hydrogen) atoms. The normalized spacial score (nSPS) is 34.5. The summed E-state index contributed by atoms with van der Waals surface area (Å²) in [7, 11) is -29.1. The van der Waals surface area contributed by atoms with Crippen molar-refractivity contribution in [2.45, 2.75) is 169 Å². The van der Waals surface area contributed by atoms with Gasteiger partial charge in [-0.25, -0.2) is 26.3 Å². The number of thiocarbonyl (C=S) groups is 1. The number of aliphatic hydroxyl groups excluding tert-OH is 6. The van der Waals surface area contributed by atoms with Crippen molar-refractivity contribution >= 4 is 98.0 Å². The number of carboxylic acid groups (broad SMARTS) is 2. The molecule has 0 unspecified atom stereocenters. The van der Waals surface area contributed by atoms with Crippen molar-refractivity contribution < 1.29 is 186 Å². The number of ether oxygens (including phenoxy) is 7. The SMILES string of the molecule is CC(=O)N[C@@H]1[C@@H](O)[C@H](O[C@@H]2O[C@H](C(=O)O)[C@@H](O[C@@H]3O[C@H](CO)[C@@H](O[C@H]4O[C@@H](C(=O)O)[C@H](O)[C@@H](O)[C@@H]4OS(=O)(=O)O)[C@H](OS(=O)(=O)O)[C@H]3NS(=O)(=O)O)[C@H](O)[C@H]2OS(=O)(=O)O)[C@H](COS(=O)(=O)O)O[C@H]1O.CCCCNC(=S)SCCCC.[Ni+2]. The number of unbranched alkanes of at least 4 members (excludes halogenated alkanes) is 2. The van der Waals surface area contributed by atoms with Gasteiger partial charge in [0.2, 0.25) is 5.91 Å². The van der Waals surface area contributed by atoms with Gasteiger partial charge in [-0.05, 0) is 12.8 Å². The van der Waals surface area contributed by atoms with E-state index in [-0.39, 0.29) is 16.5 Å². The van der Waals surface area contributed by atoms with Gasteiger partial charge in [-0.1, -0.05) is 50.7 Å². The number of hydrogen-bond acceptors (Lipinski definition) is 32. The van der Waals surface area contributed by atoms with E-state index in [2.05, 4.69) is 35.9 Å². The fraction of sp³-hybridized carbons (Fsp3) is 0.886. The second-order valence-corrected chi connectivity index (χ2v) is 24.6. The Kier molecular flexibility index (Phi) is 30.6. The number of nitrogens with one attached hydrogen (secondary N) is 3. The first kappa shape index (κ1) is 77.1. The predicted molar refractivity (Wildman–Crippen MR) is 264 cm³/mol. The zero-order chi connectivity index (χ0) is 62.6. The molecule has 0 aliphatic carbocycles. The molecule has 4 saturated heterocycles. The Labute approximate surface area is 492 Å². The Hall–Kier alpha value is -2.03. The standard InChI is InChI=1S/C26H42N2O37S5.C9H19NS2.Ni/c1-4(30)27-7-9(31)13(6(56-23(7)39)3-55-67(43,44)45)58-26-19(65-70(52,53)54)12(34)16(20(62-26)22(37)38)60-24-8(28-66(40,41)42)15(63-68(46,47)48)14(5(2-29)57-24)59-25-18(64-69(49,50)51)11(33)10(32)17(61-25)21(35)36;1-3-5-7-10-9(11)12-8-6-4-2;/h5-20,23-26,28-29,31-34,39H,2-3H2,1H3,(H,27,30)(H,35,36)(H,37,38)(H,40,41,42)(H,43,44,45)(H,46,47,48)(H,49,50,51)(H,52,53,54);3-8H2,1-2H3,(H,10,11);/q;;+2/t5-,6+,7-,8-,9-,10-,11-,12+,13-,14-,15-,16+,17-,18+,19-,20+,23-,24+,25+,26-;;/m1../s1. The Morgan fingerprint density at radius 1 is 0.578 bits per heavy atom. The van der Waals surface area contributed by atoms with Crippen LogP contribution in [0.4, 0.5) is 0 Å². The maximum atomic E-state index is 12.7. The Morgan fingerprint density at radius 2 is 1.07 bits per heavy atom. The van der Waals surface area contributed by atoms with Crippen molar-refractivity contribution in [1.82, 2.24) is 15.4 Å². The van der Waals surface area contributed by atoms with Crippen molar-refractivity contribution in [3.8, 4) is 0 Å². The first-order valence-corrected chi connectivity index (χ1v) is 31.5. The molecule has 4 heterocycles. The van der Waals surface area contributed by atoms with Crippen LogP contribution in [-0.2, 0) is 133 Å². The summed E-state index contributed by atoms with van der Waals surface area (Å²) in [5, 5.41) is 89.2. The predicted octanol–water partition coefficient (Wildman–Crippen LogP) is -7.52. The first-order chi connectivity index (χ1) is 37.6. The van der Waals surface area contributed by atoms with Crippen LogP contribution in [0.5, 0.6) is 0 Å². The second-order valence-electron chi connectivity index (χ2n) is 17.4. The molecule has 0 radical (unpaired) electrons. The summed E-state index contributed by atoms with van der Waals surface area (Å²) >= 11 is 6.90. The molecule has 4 aliphatic heterocycles. The van der Waals surface area contributed by atoms with Crippen molar-refractivity contribution in [3.05, 3.63) is 0 Å². The molecule has 0 bridgehead atoms. The van der Waals surface area contributed by atoms with Gasteiger partial charge in [0, 0.05) is 19.2 Å². The van der Waals surface area contributed by atoms with Crippen molar-refractivity contribution in [2.75, 3.05) is 25.5 Å². The van der Waals surface area contributed by atoms with Crippen molar-refractivity contribution in [1.29, 1.82) is 0 Å². The molecule has 4 fully saturated rings. The van der Waals surface area contributed by atoms with Crippen molar-refractivity contribution in [3.63, 3.8) is 0 Å². The van der Waals surface area contributed by atoms with E-state index in [0.29, 0.717) is 0 Å². The molecule has 488 valence electrons. The van der Waals surface area contributed by atoms with Crippen LogP contribution in [0.2, 0.25) is 0 Å². The van der Waals surface area contributed by atoms with E-state index < -0.39 is 206 Å². The third kappa shape index (κ3) is 24.8. The molecule has 4 aliphatic rings. The van der Waals surface area contributed by atoms with Crippen LogP contribution in [0, 0.1) is 0 Å². The molecular formula is C35H61N3NiO37S7+2. The topological polar surface area (TPSA) is 623 Å². The number of aliphatic carboxylic acids is 2. The van der Waals surface area contributed by atoms with Gasteiger partial charge in [-0.15, -0.1) is 0 Å². The molecule has 0 spiro atoms. The van der Waals surface area contributed by atoms with Gasteiger partial charge in [0.1, 0.15) is 77.4 Å². The van der Waals surface area contributed by atoms with E-state index in [1.54, 1.807) is 11.8 Å². The number of thioether (sulfide) groups is 1. The maximum absolute atomic E-state index is 12.7. The van der Waals surface area contributed by atoms with Gasteiger partial charge >= 0.3 is 80.3 Å². The smallest absolute Gasteiger partial charge is 0.479 e. The fourth-order valence-corrected chi connectivity index (χ4v) is 11.3. The van der Waals surface area contributed by atoms with Crippen LogP contribution in [0.1, 0.15) is 46.5 Å². The number of rotatable bonds is 27. The molecule has 16 N–H and O–H groups in total. The number of hydrogen-bond donors (Lipinski definition) is 16. The summed E-state index contributed by atoms with van der Waals surface area (Å²) in [6, 6.07) is -4.96.